The number of hydrogen-bond donors (Lipinski definition) is 1. The summed E-state index contributed by atoms with van der Waals surface area (Å²) >= 11 is 5.66. The zero-order valence-corrected chi connectivity index (χ0v) is 9.29. The van der Waals surface area contributed by atoms with Crippen LogP contribution in [0.5, 0.6) is 0 Å². The first-order valence-electron chi connectivity index (χ1n) is 4.62. The van der Waals surface area contributed by atoms with E-state index in [-0.39, 0.29) is 6.04 Å². The van der Waals surface area contributed by atoms with Crippen molar-refractivity contribution in [2.75, 3.05) is 33.6 Å². The summed E-state index contributed by atoms with van der Waals surface area (Å²) in [5.74, 6) is 0.299. The second-order valence-corrected chi connectivity index (χ2v) is 4.90. The number of quaternary nitrogens is 1. The molecule has 3 atom stereocenters. The standard InChI is InChI=1S/C9H19ClNO2/c1-11(2,3)8(9(12)5-10)4-7-6-13-7/h7-9,12H,4-6H2,1-3H3/q+1. The Kier molecular flexibility index (Phi) is 3.57. The molecule has 0 spiro atoms. The fourth-order valence-corrected chi connectivity index (χ4v) is 1.77. The van der Waals surface area contributed by atoms with Crippen molar-refractivity contribution in [3.05, 3.63) is 0 Å². The summed E-state index contributed by atoms with van der Waals surface area (Å²) in [7, 11) is 6.22. The first kappa shape index (κ1) is 11.2. The first-order valence-corrected chi connectivity index (χ1v) is 5.15. The molecule has 0 aliphatic carbocycles. The van der Waals surface area contributed by atoms with E-state index in [0.29, 0.717) is 12.0 Å². The zero-order chi connectivity index (χ0) is 10.1. The number of nitrogens with zero attached hydrogens (tertiary/aromatic N) is 1. The minimum Gasteiger partial charge on any atom is -0.386 e. The van der Waals surface area contributed by atoms with E-state index in [4.69, 9.17) is 16.3 Å². The molecular formula is C9H19ClNO2+. The zero-order valence-electron chi connectivity index (χ0n) is 8.53. The molecule has 0 aromatic rings. The summed E-state index contributed by atoms with van der Waals surface area (Å²) < 4.78 is 5.89. The molecule has 1 aliphatic heterocycles. The van der Waals surface area contributed by atoms with Crippen LogP contribution in [0.15, 0.2) is 0 Å². The molecule has 1 heterocycles. The van der Waals surface area contributed by atoms with Crippen LogP contribution in [0, 0.1) is 0 Å². The molecule has 1 N–H and O–H groups in total. The van der Waals surface area contributed by atoms with E-state index in [1.54, 1.807) is 0 Å². The number of ether oxygens (including phenoxy) is 1. The Morgan fingerprint density at radius 1 is 1.54 bits per heavy atom. The molecule has 0 aromatic heterocycles. The maximum absolute atomic E-state index is 9.73. The molecule has 78 valence electrons. The molecule has 0 saturated carbocycles. The molecule has 0 aromatic carbocycles. The van der Waals surface area contributed by atoms with Crippen molar-refractivity contribution in [1.82, 2.24) is 0 Å². The van der Waals surface area contributed by atoms with Gasteiger partial charge in [0.2, 0.25) is 0 Å². The molecule has 1 fully saturated rings. The highest BCUT2D eigenvalue weighted by molar-refractivity contribution is 6.18. The highest BCUT2D eigenvalue weighted by Gasteiger charge is 2.37. The van der Waals surface area contributed by atoms with Gasteiger partial charge in [-0.2, -0.15) is 0 Å². The van der Waals surface area contributed by atoms with Crippen molar-refractivity contribution < 1.29 is 14.3 Å². The van der Waals surface area contributed by atoms with Gasteiger partial charge in [-0.25, -0.2) is 0 Å². The predicted octanol–water partition coefficient (Wildman–Crippen LogP) is 0.450. The molecule has 1 saturated heterocycles. The summed E-state index contributed by atoms with van der Waals surface area (Å²) in [5, 5.41) is 9.73. The molecule has 3 unspecified atom stereocenters. The number of epoxide rings is 1. The number of hydrogen-bond acceptors (Lipinski definition) is 2. The molecule has 4 heteroatoms. The predicted molar refractivity (Wildman–Crippen MR) is 52.9 cm³/mol. The molecule has 0 radical (unpaired) electrons. The van der Waals surface area contributed by atoms with Crippen molar-refractivity contribution in [2.24, 2.45) is 0 Å². The van der Waals surface area contributed by atoms with Crippen LogP contribution >= 0.6 is 11.6 Å². The van der Waals surface area contributed by atoms with Crippen molar-refractivity contribution in [3.8, 4) is 0 Å². The lowest BCUT2D eigenvalue weighted by atomic mass is 10.0. The van der Waals surface area contributed by atoms with Crippen molar-refractivity contribution in [3.63, 3.8) is 0 Å². The third-order valence-electron chi connectivity index (χ3n) is 2.50. The van der Waals surface area contributed by atoms with Crippen LogP contribution in [0.25, 0.3) is 0 Å². The molecule has 0 amide bonds. The smallest absolute Gasteiger partial charge is 0.119 e. The number of alkyl halides is 1. The normalized spacial score (nSPS) is 27.0. The Morgan fingerprint density at radius 2 is 2.08 bits per heavy atom. The molecule has 1 aliphatic rings. The van der Waals surface area contributed by atoms with Crippen molar-refractivity contribution >= 4 is 11.6 Å². The van der Waals surface area contributed by atoms with Crippen LogP contribution in [0.3, 0.4) is 0 Å². The molecule has 3 nitrogen and oxygen atoms in total. The topological polar surface area (TPSA) is 32.8 Å². The van der Waals surface area contributed by atoms with Crippen LogP contribution in [0.4, 0.5) is 0 Å². The van der Waals surface area contributed by atoms with Gasteiger partial charge in [-0.1, -0.05) is 0 Å². The largest absolute Gasteiger partial charge is 0.386 e. The van der Waals surface area contributed by atoms with Gasteiger partial charge in [0.1, 0.15) is 12.1 Å². The fourth-order valence-electron chi connectivity index (χ4n) is 1.57. The van der Waals surface area contributed by atoms with E-state index >= 15 is 0 Å². The van der Waals surface area contributed by atoms with E-state index in [0.717, 1.165) is 17.5 Å². The minimum absolute atomic E-state index is 0.171. The average molecular weight is 209 g/mol. The minimum atomic E-state index is -0.439. The highest BCUT2D eigenvalue weighted by Crippen LogP contribution is 2.23. The Labute approximate surface area is 84.8 Å². The van der Waals surface area contributed by atoms with E-state index in [1.807, 2.05) is 0 Å². The van der Waals surface area contributed by atoms with Crippen LogP contribution in [0.2, 0.25) is 0 Å². The molecule has 0 bridgehead atoms. The van der Waals surface area contributed by atoms with Crippen LogP contribution in [-0.2, 0) is 4.74 Å². The van der Waals surface area contributed by atoms with Gasteiger partial charge in [0.25, 0.3) is 0 Å². The molecule has 1 rings (SSSR count). The lowest BCUT2D eigenvalue weighted by molar-refractivity contribution is -0.900. The molecule has 13 heavy (non-hydrogen) atoms. The van der Waals surface area contributed by atoms with E-state index in [1.165, 1.54) is 0 Å². The summed E-state index contributed by atoms with van der Waals surface area (Å²) in [4.78, 5) is 0. The van der Waals surface area contributed by atoms with Gasteiger partial charge < -0.3 is 14.3 Å². The maximum atomic E-state index is 9.73. The average Bonchev–Trinajstić information content (AvgIpc) is 2.80. The summed E-state index contributed by atoms with van der Waals surface area (Å²) in [6.07, 6.45) is 0.809. The third kappa shape index (κ3) is 3.43. The number of halogens is 1. The number of rotatable bonds is 5. The van der Waals surface area contributed by atoms with Crippen LogP contribution < -0.4 is 0 Å². The van der Waals surface area contributed by atoms with E-state index in [2.05, 4.69) is 21.1 Å². The lowest BCUT2D eigenvalue weighted by Gasteiger charge is -2.36. The van der Waals surface area contributed by atoms with Gasteiger partial charge >= 0.3 is 0 Å². The Hall–Kier alpha value is 0.170. The third-order valence-corrected chi connectivity index (χ3v) is 2.82. The summed E-state index contributed by atoms with van der Waals surface area (Å²) in [5.41, 5.74) is 0. The van der Waals surface area contributed by atoms with Gasteiger partial charge in [0.05, 0.1) is 39.7 Å². The molecular weight excluding hydrogens is 190 g/mol. The maximum Gasteiger partial charge on any atom is 0.119 e. The summed E-state index contributed by atoms with van der Waals surface area (Å²) in [6, 6.07) is 0.171. The van der Waals surface area contributed by atoms with Gasteiger partial charge in [0.15, 0.2) is 0 Å². The highest BCUT2D eigenvalue weighted by atomic mass is 35.5. The van der Waals surface area contributed by atoms with E-state index in [9.17, 15) is 5.11 Å². The van der Waals surface area contributed by atoms with Gasteiger partial charge in [-0.15, -0.1) is 11.6 Å². The fraction of sp³-hybridized carbons (Fsp3) is 1.00. The Bertz CT molecular complexity index is 165. The second kappa shape index (κ2) is 4.13. The van der Waals surface area contributed by atoms with Gasteiger partial charge in [-0.05, 0) is 0 Å². The lowest BCUT2D eigenvalue weighted by Crippen LogP contribution is -2.52. The SMILES string of the molecule is C[N+](C)(C)C(CC1CO1)C(O)CCl. The summed E-state index contributed by atoms with van der Waals surface area (Å²) in [6.45, 7) is 0.839. The Balaban J connectivity index is 2.51. The quantitative estimate of drug-likeness (QED) is 0.404. The van der Waals surface area contributed by atoms with Crippen LogP contribution in [-0.4, -0.2) is 61.5 Å². The van der Waals surface area contributed by atoms with Crippen molar-refractivity contribution in [2.45, 2.75) is 24.7 Å². The first-order chi connectivity index (χ1) is 5.95. The monoisotopic (exact) mass is 208 g/mol. The van der Waals surface area contributed by atoms with Crippen molar-refractivity contribution in [1.29, 1.82) is 0 Å². The van der Waals surface area contributed by atoms with E-state index < -0.39 is 6.10 Å². The number of aliphatic hydroxyl groups excluding tert-OH is 1. The number of likely N-dealkylation sites (N-methyl/N-ethyl adjacent to an activating group) is 1. The second-order valence-electron chi connectivity index (χ2n) is 4.60. The van der Waals surface area contributed by atoms with Gasteiger partial charge in [0, 0.05) is 6.42 Å². The number of aliphatic hydroxyl groups is 1. The van der Waals surface area contributed by atoms with Gasteiger partial charge in [-0.3, -0.25) is 0 Å². The Morgan fingerprint density at radius 3 is 2.38 bits per heavy atom. The van der Waals surface area contributed by atoms with Crippen LogP contribution in [0.1, 0.15) is 6.42 Å².